The Hall–Kier alpha value is -0.820. The van der Waals surface area contributed by atoms with Crippen LogP contribution in [0, 0.1) is 5.92 Å². The Kier molecular flexibility index (Phi) is 6.04. The van der Waals surface area contributed by atoms with Gasteiger partial charge in [-0.3, -0.25) is 0 Å². The first kappa shape index (κ1) is 18.2. The van der Waals surface area contributed by atoms with Crippen molar-refractivity contribution in [1.82, 2.24) is 4.31 Å². The average molecular weight is 354 g/mol. The van der Waals surface area contributed by atoms with Crippen molar-refractivity contribution in [3.05, 3.63) is 27.7 Å². The molecule has 0 radical (unpaired) electrons. The maximum Gasteiger partial charge on any atom is 0.337 e. The van der Waals surface area contributed by atoms with Crippen molar-refractivity contribution >= 4 is 39.2 Å². The molecule has 0 aliphatic carbocycles. The third-order valence-electron chi connectivity index (χ3n) is 2.94. The molecule has 0 saturated carbocycles. The molecule has 0 aliphatic rings. The molecule has 5 nitrogen and oxygen atoms in total. The van der Waals surface area contributed by atoms with Crippen LogP contribution < -0.4 is 0 Å². The van der Waals surface area contributed by atoms with E-state index in [0.29, 0.717) is 18.9 Å². The fourth-order valence-electron chi connectivity index (χ4n) is 1.64. The summed E-state index contributed by atoms with van der Waals surface area (Å²) in [7, 11) is -2.46. The van der Waals surface area contributed by atoms with Crippen LogP contribution in [0.5, 0.6) is 0 Å². The molecule has 1 aromatic rings. The Morgan fingerprint density at radius 2 is 1.90 bits per heavy atom. The lowest BCUT2D eigenvalue weighted by Gasteiger charge is -2.19. The molecule has 0 fully saturated rings. The van der Waals surface area contributed by atoms with Gasteiger partial charge in [0, 0.05) is 18.6 Å². The lowest BCUT2D eigenvalue weighted by atomic mass is 10.1. The Bertz CT molecular complexity index is 644. The second kappa shape index (κ2) is 6.96. The highest BCUT2D eigenvalue weighted by molar-refractivity contribution is 7.89. The zero-order valence-electron chi connectivity index (χ0n) is 11.9. The lowest BCUT2D eigenvalue weighted by Crippen LogP contribution is -2.29. The van der Waals surface area contributed by atoms with E-state index in [4.69, 9.17) is 28.3 Å². The van der Waals surface area contributed by atoms with Gasteiger partial charge in [-0.25, -0.2) is 17.5 Å². The van der Waals surface area contributed by atoms with E-state index in [2.05, 4.69) is 0 Å². The number of carbonyl (C=O) groups is 1. The zero-order valence-corrected chi connectivity index (χ0v) is 14.3. The quantitative estimate of drug-likeness (QED) is 0.850. The van der Waals surface area contributed by atoms with E-state index in [9.17, 15) is 13.2 Å². The molecule has 1 aromatic carbocycles. The average Bonchev–Trinajstić information content (AvgIpc) is 2.37. The van der Waals surface area contributed by atoms with Gasteiger partial charge in [-0.1, -0.05) is 37.0 Å². The maximum atomic E-state index is 12.5. The number of hydrogen-bond acceptors (Lipinski definition) is 3. The van der Waals surface area contributed by atoms with Gasteiger partial charge in [-0.2, -0.15) is 0 Å². The molecule has 0 saturated heterocycles. The van der Waals surface area contributed by atoms with Crippen molar-refractivity contribution < 1.29 is 18.3 Å². The zero-order chi connectivity index (χ0) is 16.4. The number of nitrogens with zero attached hydrogens (tertiary/aromatic N) is 1. The summed E-state index contributed by atoms with van der Waals surface area (Å²) >= 11 is 11.7. The largest absolute Gasteiger partial charge is 0.478 e. The molecule has 0 spiro atoms. The number of carboxylic acids is 1. The summed E-state index contributed by atoms with van der Waals surface area (Å²) in [6, 6.07) is 2.29. The van der Waals surface area contributed by atoms with Crippen LogP contribution in [0.15, 0.2) is 17.0 Å². The summed E-state index contributed by atoms with van der Waals surface area (Å²) in [4.78, 5) is 10.8. The van der Waals surface area contributed by atoms with Crippen LogP contribution >= 0.6 is 23.2 Å². The number of aromatic carboxylic acids is 1. The molecule has 0 aromatic heterocycles. The second-order valence-corrected chi connectivity index (χ2v) is 7.91. The summed E-state index contributed by atoms with van der Waals surface area (Å²) in [5, 5.41) is 8.72. The first-order chi connectivity index (χ1) is 9.57. The number of sulfonamides is 1. The summed E-state index contributed by atoms with van der Waals surface area (Å²) in [6.45, 7) is 4.27. The van der Waals surface area contributed by atoms with Gasteiger partial charge in [0.05, 0.1) is 10.6 Å². The van der Waals surface area contributed by atoms with Crippen molar-refractivity contribution in [2.24, 2.45) is 5.92 Å². The molecule has 0 atom stereocenters. The van der Waals surface area contributed by atoms with Gasteiger partial charge in [0.2, 0.25) is 10.0 Å². The molecule has 1 N–H and O–H groups in total. The Morgan fingerprint density at radius 1 is 1.33 bits per heavy atom. The molecule has 0 unspecified atom stereocenters. The maximum absolute atomic E-state index is 12.5. The molecular weight excluding hydrogens is 337 g/mol. The topological polar surface area (TPSA) is 74.7 Å². The minimum atomic E-state index is -3.89. The highest BCUT2D eigenvalue weighted by Crippen LogP contribution is 2.31. The van der Waals surface area contributed by atoms with Gasteiger partial charge >= 0.3 is 5.97 Å². The summed E-state index contributed by atoms with van der Waals surface area (Å²) in [6.07, 6.45) is 0.680. The first-order valence-electron chi connectivity index (χ1n) is 6.26. The van der Waals surface area contributed by atoms with E-state index >= 15 is 0 Å². The molecule has 8 heteroatoms. The van der Waals surface area contributed by atoms with Crippen molar-refractivity contribution in [3.8, 4) is 0 Å². The van der Waals surface area contributed by atoms with Crippen molar-refractivity contribution in [2.45, 2.75) is 25.2 Å². The van der Waals surface area contributed by atoms with Crippen molar-refractivity contribution in [3.63, 3.8) is 0 Å². The number of hydrogen-bond donors (Lipinski definition) is 1. The Morgan fingerprint density at radius 3 is 2.38 bits per heavy atom. The van der Waals surface area contributed by atoms with Crippen LogP contribution in [0.3, 0.4) is 0 Å². The fraction of sp³-hybridized carbons (Fsp3) is 0.462. The standard InChI is InChI=1S/C13H17Cl2NO4S/c1-8(2)4-5-16(3)21(19,20)11-7-9(14)6-10(12(11)15)13(17)18/h6-8H,4-5H2,1-3H3,(H,17,18). The fourth-order valence-corrected chi connectivity index (χ4v) is 3.69. The highest BCUT2D eigenvalue weighted by atomic mass is 35.5. The van der Waals surface area contributed by atoms with Gasteiger partial charge in [-0.15, -0.1) is 0 Å². The minimum Gasteiger partial charge on any atom is -0.478 e. The third kappa shape index (κ3) is 4.32. The monoisotopic (exact) mass is 353 g/mol. The van der Waals surface area contributed by atoms with Crippen LogP contribution in [-0.4, -0.2) is 37.4 Å². The van der Waals surface area contributed by atoms with Gasteiger partial charge in [0.15, 0.2) is 0 Å². The van der Waals surface area contributed by atoms with Crippen LogP contribution in [0.2, 0.25) is 10.0 Å². The molecule has 0 aliphatic heterocycles. The molecule has 21 heavy (non-hydrogen) atoms. The summed E-state index contributed by atoms with van der Waals surface area (Å²) < 4.78 is 26.1. The summed E-state index contributed by atoms with van der Waals surface area (Å²) in [5.41, 5.74) is -0.333. The highest BCUT2D eigenvalue weighted by Gasteiger charge is 2.27. The van der Waals surface area contributed by atoms with Crippen LogP contribution in [-0.2, 0) is 10.0 Å². The van der Waals surface area contributed by atoms with Crippen LogP contribution in [0.25, 0.3) is 0 Å². The van der Waals surface area contributed by atoms with Crippen molar-refractivity contribution in [2.75, 3.05) is 13.6 Å². The Labute approximate surface area is 134 Å². The number of halogens is 2. The van der Waals surface area contributed by atoms with Crippen molar-refractivity contribution in [1.29, 1.82) is 0 Å². The third-order valence-corrected chi connectivity index (χ3v) is 5.56. The number of carboxylic acid groups (broad SMARTS) is 1. The smallest absolute Gasteiger partial charge is 0.337 e. The minimum absolute atomic E-state index is 0.00707. The lowest BCUT2D eigenvalue weighted by molar-refractivity contribution is 0.0697. The van der Waals surface area contributed by atoms with Gasteiger partial charge in [0.25, 0.3) is 0 Å². The normalized spacial score (nSPS) is 12.1. The van der Waals surface area contributed by atoms with Gasteiger partial charge in [0.1, 0.15) is 4.90 Å². The van der Waals surface area contributed by atoms with E-state index in [1.54, 1.807) is 0 Å². The van der Waals surface area contributed by atoms with E-state index in [1.807, 2.05) is 13.8 Å². The van der Waals surface area contributed by atoms with Gasteiger partial charge in [-0.05, 0) is 24.5 Å². The first-order valence-corrected chi connectivity index (χ1v) is 8.45. The molecule has 1 rings (SSSR count). The SMILES string of the molecule is CC(C)CCN(C)S(=O)(=O)c1cc(Cl)cc(C(=O)O)c1Cl. The molecule has 0 bridgehead atoms. The van der Waals surface area contributed by atoms with Crippen LogP contribution in [0.1, 0.15) is 30.6 Å². The molecule has 118 valence electrons. The molecule has 0 amide bonds. The molecule has 0 heterocycles. The van der Waals surface area contributed by atoms with E-state index in [0.717, 1.165) is 16.4 Å². The van der Waals surface area contributed by atoms with Gasteiger partial charge < -0.3 is 5.11 Å². The van der Waals surface area contributed by atoms with Crippen LogP contribution in [0.4, 0.5) is 0 Å². The number of benzene rings is 1. The van der Waals surface area contributed by atoms with E-state index < -0.39 is 16.0 Å². The molecular formula is C13H17Cl2NO4S. The van der Waals surface area contributed by atoms with E-state index in [-0.39, 0.29) is 20.5 Å². The van der Waals surface area contributed by atoms with E-state index in [1.165, 1.54) is 7.05 Å². The number of rotatable bonds is 6. The Balaban J connectivity index is 3.28. The predicted molar refractivity (Wildman–Crippen MR) is 82.7 cm³/mol. The summed E-state index contributed by atoms with van der Waals surface area (Å²) in [5.74, 6) is -0.990. The second-order valence-electron chi connectivity index (χ2n) is 5.08. The predicted octanol–water partition coefficient (Wildman–Crippen LogP) is 3.36.